The first-order valence-corrected chi connectivity index (χ1v) is 6.38. The molecule has 1 amide bonds. The van der Waals surface area contributed by atoms with Gasteiger partial charge in [-0.1, -0.05) is 0 Å². The number of carbonyl (C=O) groups excluding carboxylic acids is 1. The number of nitrogen functional groups attached to an aromatic ring is 1. The van der Waals surface area contributed by atoms with Gasteiger partial charge in [-0.15, -0.1) is 11.3 Å². The SMILES string of the molecule is Cc1csc(C(C)NC(=O)c2ccc(N)cn2)n1. The largest absolute Gasteiger partial charge is 0.397 e. The zero-order valence-electron chi connectivity index (χ0n) is 10.2. The number of nitrogens with two attached hydrogens (primary N) is 1. The van der Waals surface area contributed by atoms with E-state index in [0.717, 1.165) is 10.7 Å². The summed E-state index contributed by atoms with van der Waals surface area (Å²) in [5.74, 6) is -0.227. The summed E-state index contributed by atoms with van der Waals surface area (Å²) < 4.78 is 0. The van der Waals surface area contributed by atoms with Crippen molar-refractivity contribution in [3.63, 3.8) is 0 Å². The Balaban J connectivity index is 2.05. The molecule has 0 bridgehead atoms. The second kappa shape index (κ2) is 5.14. The zero-order valence-corrected chi connectivity index (χ0v) is 11.0. The molecule has 0 radical (unpaired) electrons. The minimum absolute atomic E-state index is 0.129. The number of hydrogen-bond donors (Lipinski definition) is 2. The fraction of sp³-hybridized carbons (Fsp3) is 0.250. The minimum atomic E-state index is -0.227. The summed E-state index contributed by atoms with van der Waals surface area (Å²) in [5.41, 5.74) is 7.37. The minimum Gasteiger partial charge on any atom is -0.397 e. The topological polar surface area (TPSA) is 80.9 Å². The highest BCUT2D eigenvalue weighted by Gasteiger charge is 2.14. The summed E-state index contributed by atoms with van der Waals surface area (Å²) in [6.07, 6.45) is 1.47. The molecule has 0 spiro atoms. The van der Waals surface area contributed by atoms with Crippen LogP contribution in [-0.2, 0) is 0 Å². The average Bonchev–Trinajstić information content (AvgIpc) is 2.76. The second-order valence-electron chi connectivity index (χ2n) is 4.00. The predicted molar refractivity (Wildman–Crippen MR) is 71.4 cm³/mol. The Kier molecular flexibility index (Phi) is 3.57. The van der Waals surface area contributed by atoms with Crippen LogP contribution in [0.3, 0.4) is 0 Å². The van der Waals surface area contributed by atoms with E-state index in [2.05, 4.69) is 15.3 Å². The van der Waals surface area contributed by atoms with E-state index >= 15 is 0 Å². The van der Waals surface area contributed by atoms with E-state index in [-0.39, 0.29) is 11.9 Å². The van der Waals surface area contributed by atoms with Crippen LogP contribution in [0.5, 0.6) is 0 Å². The maximum atomic E-state index is 11.9. The van der Waals surface area contributed by atoms with Crippen molar-refractivity contribution in [2.45, 2.75) is 19.9 Å². The van der Waals surface area contributed by atoms with Gasteiger partial charge in [0.15, 0.2) is 0 Å². The lowest BCUT2D eigenvalue weighted by molar-refractivity contribution is 0.0935. The molecule has 0 aliphatic heterocycles. The molecule has 2 rings (SSSR count). The van der Waals surface area contributed by atoms with Crippen molar-refractivity contribution in [2.75, 3.05) is 5.73 Å². The van der Waals surface area contributed by atoms with Crippen molar-refractivity contribution in [1.29, 1.82) is 0 Å². The summed E-state index contributed by atoms with van der Waals surface area (Å²) in [4.78, 5) is 20.2. The highest BCUT2D eigenvalue weighted by molar-refractivity contribution is 7.09. The number of aromatic nitrogens is 2. The first-order valence-electron chi connectivity index (χ1n) is 5.50. The van der Waals surface area contributed by atoms with E-state index < -0.39 is 0 Å². The number of rotatable bonds is 3. The Hall–Kier alpha value is -1.95. The molecular formula is C12H14N4OS. The van der Waals surface area contributed by atoms with Gasteiger partial charge in [-0.2, -0.15) is 0 Å². The molecule has 0 aliphatic rings. The van der Waals surface area contributed by atoms with Crippen molar-refractivity contribution < 1.29 is 4.79 Å². The van der Waals surface area contributed by atoms with Crippen LogP contribution in [0.4, 0.5) is 5.69 Å². The molecule has 3 N–H and O–H groups in total. The molecule has 0 saturated heterocycles. The standard InChI is InChI=1S/C12H14N4OS/c1-7-6-18-12(15-7)8(2)16-11(17)10-4-3-9(13)5-14-10/h3-6,8H,13H2,1-2H3,(H,16,17). The van der Waals surface area contributed by atoms with Crippen LogP contribution in [0.25, 0.3) is 0 Å². The van der Waals surface area contributed by atoms with Gasteiger partial charge in [-0.3, -0.25) is 4.79 Å². The number of thiazole rings is 1. The van der Waals surface area contributed by atoms with Gasteiger partial charge in [0, 0.05) is 11.1 Å². The molecule has 18 heavy (non-hydrogen) atoms. The quantitative estimate of drug-likeness (QED) is 0.885. The molecule has 94 valence electrons. The zero-order chi connectivity index (χ0) is 13.1. The van der Waals surface area contributed by atoms with Gasteiger partial charge < -0.3 is 11.1 Å². The van der Waals surface area contributed by atoms with Gasteiger partial charge in [0.2, 0.25) is 0 Å². The third-order valence-electron chi connectivity index (χ3n) is 2.37. The Bertz CT molecular complexity index is 549. The van der Waals surface area contributed by atoms with Crippen LogP contribution in [0.15, 0.2) is 23.7 Å². The second-order valence-corrected chi connectivity index (χ2v) is 4.89. The Labute approximate surface area is 109 Å². The van der Waals surface area contributed by atoms with E-state index in [1.54, 1.807) is 12.1 Å². The number of amides is 1. The van der Waals surface area contributed by atoms with Crippen molar-refractivity contribution in [3.05, 3.63) is 40.1 Å². The van der Waals surface area contributed by atoms with Crippen LogP contribution >= 0.6 is 11.3 Å². The fourth-order valence-corrected chi connectivity index (χ4v) is 2.25. The highest BCUT2D eigenvalue weighted by Crippen LogP contribution is 2.17. The van der Waals surface area contributed by atoms with Crippen LogP contribution < -0.4 is 11.1 Å². The number of hydrogen-bond acceptors (Lipinski definition) is 5. The number of aryl methyl sites for hydroxylation is 1. The average molecular weight is 262 g/mol. The molecule has 1 atom stereocenters. The van der Waals surface area contributed by atoms with Gasteiger partial charge in [0.1, 0.15) is 10.7 Å². The van der Waals surface area contributed by atoms with Gasteiger partial charge in [-0.05, 0) is 26.0 Å². The molecule has 5 nitrogen and oxygen atoms in total. The number of nitrogens with one attached hydrogen (secondary N) is 1. The summed E-state index contributed by atoms with van der Waals surface area (Å²) in [6.45, 7) is 3.82. The summed E-state index contributed by atoms with van der Waals surface area (Å²) >= 11 is 1.53. The number of anilines is 1. The number of pyridine rings is 1. The lowest BCUT2D eigenvalue weighted by Crippen LogP contribution is -2.27. The van der Waals surface area contributed by atoms with Crippen molar-refractivity contribution in [2.24, 2.45) is 0 Å². The number of nitrogens with zero attached hydrogens (tertiary/aromatic N) is 2. The van der Waals surface area contributed by atoms with E-state index in [1.807, 2.05) is 19.2 Å². The molecule has 6 heteroatoms. The van der Waals surface area contributed by atoms with E-state index in [9.17, 15) is 4.79 Å². The Morgan fingerprint density at radius 2 is 2.28 bits per heavy atom. The molecule has 2 aromatic heterocycles. The van der Waals surface area contributed by atoms with Crippen molar-refractivity contribution in [1.82, 2.24) is 15.3 Å². The third kappa shape index (κ3) is 2.84. The molecule has 0 aromatic carbocycles. The molecular weight excluding hydrogens is 248 g/mol. The number of carbonyl (C=O) groups is 1. The van der Waals surface area contributed by atoms with Gasteiger partial charge in [-0.25, -0.2) is 9.97 Å². The molecule has 0 fully saturated rings. The van der Waals surface area contributed by atoms with Crippen LogP contribution in [0, 0.1) is 6.92 Å². The Morgan fingerprint density at radius 1 is 1.50 bits per heavy atom. The van der Waals surface area contributed by atoms with Crippen LogP contribution in [0.2, 0.25) is 0 Å². The van der Waals surface area contributed by atoms with Crippen LogP contribution in [-0.4, -0.2) is 15.9 Å². The lowest BCUT2D eigenvalue weighted by Gasteiger charge is -2.10. The summed E-state index contributed by atoms with van der Waals surface area (Å²) in [5, 5.41) is 5.69. The normalized spacial score (nSPS) is 12.1. The van der Waals surface area contributed by atoms with Gasteiger partial charge in [0.25, 0.3) is 5.91 Å². The van der Waals surface area contributed by atoms with Gasteiger partial charge >= 0.3 is 0 Å². The Morgan fingerprint density at radius 3 is 2.83 bits per heavy atom. The van der Waals surface area contributed by atoms with E-state index in [1.165, 1.54) is 17.5 Å². The first kappa shape index (κ1) is 12.5. The van der Waals surface area contributed by atoms with Crippen LogP contribution in [0.1, 0.15) is 34.2 Å². The van der Waals surface area contributed by atoms with Crippen molar-refractivity contribution >= 4 is 22.9 Å². The fourth-order valence-electron chi connectivity index (χ4n) is 1.44. The molecule has 0 saturated carbocycles. The van der Waals surface area contributed by atoms with E-state index in [0.29, 0.717) is 11.4 Å². The van der Waals surface area contributed by atoms with E-state index in [4.69, 9.17) is 5.73 Å². The predicted octanol–water partition coefficient (Wildman–Crippen LogP) is 1.92. The summed E-state index contributed by atoms with van der Waals surface area (Å²) in [6, 6.07) is 3.13. The lowest BCUT2D eigenvalue weighted by atomic mass is 10.3. The van der Waals surface area contributed by atoms with Gasteiger partial charge in [0.05, 0.1) is 17.9 Å². The molecule has 2 aromatic rings. The molecule has 0 aliphatic carbocycles. The third-order valence-corrected chi connectivity index (χ3v) is 3.52. The molecule has 1 unspecified atom stereocenters. The maximum absolute atomic E-state index is 11.9. The maximum Gasteiger partial charge on any atom is 0.270 e. The van der Waals surface area contributed by atoms with Crippen molar-refractivity contribution in [3.8, 4) is 0 Å². The highest BCUT2D eigenvalue weighted by atomic mass is 32.1. The first-order chi connectivity index (χ1) is 8.56. The molecule has 2 heterocycles. The smallest absolute Gasteiger partial charge is 0.270 e. The monoisotopic (exact) mass is 262 g/mol. The summed E-state index contributed by atoms with van der Waals surface area (Å²) in [7, 11) is 0.